The number of rotatable bonds is 6. The molecular formula is C15H21N3O4. The highest BCUT2D eigenvalue weighted by Gasteiger charge is 2.18. The first-order valence-electron chi connectivity index (χ1n) is 6.95. The Morgan fingerprint density at radius 3 is 2.45 bits per heavy atom. The van der Waals surface area contributed by atoms with E-state index >= 15 is 0 Å². The summed E-state index contributed by atoms with van der Waals surface area (Å²) in [6, 6.07) is 6.37. The van der Waals surface area contributed by atoms with Crippen LogP contribution in [0.15, 0.2) is 24.3 Å². The Morgan fingerprint density at radius 2 is 1.82 bits per heavy atom. The summed E-state index contributed by atoms with van der Waals surface area (Å²) in [5.41, 5.74) is 0.451. The van der Waals surface area contributed by atoms with Crippen LogP contribution in [0.3, 0.4) is 0 Å². The van der Waals surface area contributed by atoms with E-state index in [1.165, 1.54) is 12.1 Å². The minimum Gasteiger partial charge on any atom is -0.462 e. The second kappa shape index (κ2) is 8.78. The zero-order valence-electron chi connectivity index (χ0n) is 13.0. The molecule has 0 atom stereocenters. The lowest BCUT2D eigenvalue weighted by molar-refractivity contribution is -0.136. The van der Waals surface area contributed by atoms with Crippen LogP contribution in [0, 0.1) is 0 Å². The number of para-hydroxylation sites is 1. The van der Waals surface area contributed by atoms with Gasteiger partial charge in [-0.05, 0) is 33.2 Å². The van der Waals surface area contributed by atoms with E-state index in [1.54, 1.807) is 19.1 Å². The van der Waals surface area contributed by atoms with E-state index in [4.69, 9.17) is 4.74 Å². The molecular weight excluding hydrogens is 286 g/mol. The van der Waals surface area contributed by atoms with Crippen molar-refractivity contribution in [1.82, 2.24) is 10.2 Å². The molecule has 0 unspecified atom stereocenters. The highest BCUT2D eigenvalue weighted by atomic mass is 16.5. The normalized spacial score (nSPS) is 10.2. The number of amides is 2. The zero-order chi connectivity index (χ0) is 16.5. The van der Waals surface area contributed by atoms with Gasteiger partial charge in [0.1, 0.15) is 0 Å². The quantitative estimate of drug-likeness (QED) is 0.589. The molecule has 0 aliphatic carbocycles. The maximum Gasteiger partial charge on any atom is 0.340 e. The molecule has 0 aliphatic rings. The molecule has 1 aromatic rings. The van der Waals surface area contributed by atoms with Crippen molar-refractivity contribution in [1.29, 1.82) is 0 Å². The number of carbonyl (C=O) groups excluding carboxylic acids is 3. The predicted molar refractivity (Wildman–Crippen MR) is 82.6 cm³/mol. The molecule has 0 bridgehead atoms. The van der Waals surface area contributed by atoms with Gasteiger partial charge < -0.3 is 20.3 Å². The van der Waals surface area contributed by atoms with Gasteiger partial charge in [-0.1, -0.05) is 12.1 Å². The lowest BCUT2D eigenvalue weighted by Crippen LogP contribution is -2.39. The highest BCUT2D eigenvalue weighted by Crippen LogP contribution is 2.16. The smallest absolute Gasteiger partial charge is 0.340 e. The van der Waals surface area contributed by atoms with Gasteiger partial charge in [0.15, 0.2) is 0 Å². The molecule has 0 fully saturated rings. The third kappa shape index (κ3) is 5.53. The first kappa shape index (κ1) is 17.6. The van der Waals surface area contributed by atoms with Gasteiger partial charge in [0.2, 0.25) is 0 Å². The third-order valence-electron chi connectivity index (χ3n) is 2.72. The van der Waals surface area contributed by atoms with Crippen LogP contribution in [-0.2, 0) is 14.3 Å². The Balaban J connectivity index is 2.68. The molecule has 0 aliphatic heterocycles. The van der Waals surface area contributed by atoms with Crippen molar-refractivity contribution < 1.29 is 19.1 Å². The number of likely N-dealkylation sites (N-methyl/N-ethyl adjacent to an activating group) is 1. The van der Waals surface area contributed by atoms with Gasteiger partial charge in [-0.15, -0.1) is 0 Å². The number of nitrogens with zero attached hydrogens (tertiary/aromatic N) is 1. The van der Waals surface area contributed by atoms with Crippen LogP contribution in [0.25, 0.3) is 0 Å². The van der Waals surface area contributed by atoms with Gasteiger partial charge in [-0.25, -0.2) is 4.79 Å². The molecule has 0 heterocycles. The SMILES string of the molecule is CCOC(=O)c1ccccc1NC(=O)C(=O)NCCN(C)C. The average molecular weight is 307 g/mol. The van der Waals surface area contributed by atoms with E-state index in [0.29, 0.717) is 13.1 Å². The summed E-state index contributed by atoms with van der Waals surface area (Å²) in [5.74, 6) is -2.12. The summed E-state index contributed by atoms with van der Waals surface area (Å²) in [7, 11) is 3.73. The van der Waals surface area contributed by atoms with Crippen molar-refractivity contribution in [3.05, 3.63) is 29.8 Å². The lowest BCUT2D eigenvalue weighted by atomic mass is 10.2. The lowest BCUT2D eigenvalue weighted by Gasteiger charge is -2.12. The number of nitrogens with one attached hydrogen (secondary N) is 2. The molecule has 0 aromatic heterocycles. The number of anilines is 1. The van der Waals surface area contributed by atoms with Gasteiger partial charge in [0.05, 0.1) is 17.9 Å². The number of hydrogen-bond donors (Lipinski definition) is 2. The monoisotopic (exact) mass is 307 g/mol. The Morgan fingerprint density at radius 1 is 1.14 bits per heavy atom. The topological polar surface area (TPSA) is 87.7 Å². The van der Waals surface area contributed by atoms with Gasteiger partial charge in [-0.3, -0.25) is 9.59 Å². The summed E-state index contributed by atoms with van der Waals surface area (Å²) in [6.45, 7) is 2.90. The van der Waals surface area contributed by atoms with Crippen LogP contribution in [0.5, 0.6) is 0 Å². The second-order valence-corrected chi connectivity index (χ2v) is 4.78. The van der Waals surface area contributed by atoms with Gasteiger partial charge in [0, 0.05) is 13.1 Å². The van der Waals surface area contributed by atoms with Crippen LogP contribution >= 0.6 is 0 Å². The maximum absolute atomic E-state index is 11.8. The van der Waals surface area contributed by atoms with E-state index < -0.39 is 17.8 Å². The van der Waals surface area contributed by atoms with Crippen molar-refractivity contribution >= 4 is 23.5 Å². The fourth-order valence-electron chi connectivity index (χ4n) is 1.63. The first-order valence-corrected chi connectivity index (χ1v) is 6.95. The summed E-state index contributed by atoms with van der Waals surface area (Å²) in [4.78, 5) is 37.2. The van der Waals surface area contributed by atoms with Gasteiger partial charge in [0.25, 0.3) is 0 Å². The van der Waals surface area contributed by atoms with Crippen molar-refractivity contribution in [3.8, 4) is 0 Å². The van der Waals surface area contributed by atoms with Crippen LogP contribution in [0.2, 0.25) is 0 Å². The van der Waals surface area contributed by atoms with Crippen molar-refractivity contribution in [3.63, 3.8) is 0 Å². The Hall–Kier alpha value is -2.41. The largest absolute Gasteiger partial charge is 0.462 e. The third-order valence-corrected chi connectivity index (χ3v) is 2.72. The molecule has 7 heteroatoms. The minimum atomic E-state index is -0.824. The van der Waals surface area contributed by atoms with Crippen LogP contribution < -0.4 is 10.6 Å². The fourth-order valence-corrected chi connectivity index (χ4v) is 1.63. The summed E-state index contributed by atoms with van der Waals surface area (Å²) < 4.78 is 4.91. The molecule has 1 rings (SSSR count). The Kier molecular flexibility index (Phi) is 7.04. The number of carbonyl (C=O) groups is 3. The zero-order valence-corrected chi connectivity index (χ0v) is 13.0. The Labute approximate surface area is 129 Å². The van der Waals surface area contributed by atoms with Crippen LogP contribution in [-0.4, -0.2) is 56.5 Å². The Bertz CT molecular complexity index is 543. The number of ether oxygens (including phenoxy) is 1. The van der Waals surface area contributed by atoms with Gasteiger partial charge in [-0.2, -0.15) is 0 Å². The van der Waals surface area contributed by atoms with E-state index in [2.05, 4.69) is 10.6 Å². The summed E-state index contributed by atoms with van der Waals surface area (Å²) in [5, 5.41) is 4.92. The molecule has 2 N–H and O–H groups in total. The summed E-state index contributed by atoms with van der Waals surface area (Å²) in [6.07, 6.45) is 0. The van der Waals surface area contributed by atoms with Crippen LogP contribution in [0.4, 0.5) is 5.69 Å². The van der Waals surface area contributed by atoms with E-state index in [1.807, 2.05) is 19.0 Å². The molecule has 2 amide bonds. The number of benzene rings is 1. The van der Waals surface area contributed by atoms with E-state index in [0.717, 1.165) is 0 Å². The second-order valence-electron chi connectivity index (χ2n) is 4.78. The van der Waals surface area contributed by atoms with Crippen LogP contribution in [0.1, 0.15) is 17.3 Å². The van der Waals surface area contributed by atoms with E-state index in [9.17, 15) is 14.4 Å². The number of hydrogen-bond acceptors (Lipinski definition) is 5. The molecule has 120 valence electrons. The minimum absolute atomic E-state index is 0.207. The van der Waals surface area contributed by atoms with Crippen molar-refractivity contribution in [2.45, 2.75) is 6.92 Å². The highest BCUT2D eigenvalue weighted by molar-refractivity contribution is 6.40. The molecule has 0 saturated carbocycles. The van der Waals surface area contributed by atoms with Gasteiger partial charge >= 0.3 is 17.8 Å². The average Bonchev–Trinajstić information content (AvgIpc) is 2.47. The standard InChI is InChI=1S/C15H21N3O4/c1-4-22-15(21)11-7-5-6-8-12(11)17-14(20)13(19)16-9-10-18(2)3/h5-8H,4,9-10H2,1-3H3,(H,16,19)(H,17,20). The summed E-state index contributed by atoms with van der Waals surface area (Å²) >= 11 is 0. The fraction of sp³-hybridized carbons (Fsp3) is 0.400. The van der Waals surface area contributed by atoms with Crippen molar-refractivity contribution in [2.24, 2.45) is 0 Å². The van der Waals surface area contributed by atoms with Crippen molar-refractivity contribution in [2.75, 3.05) is 39.1 Å². The first-order chi connectivity index (χ1) is 10.5. The molecule has 22 heavy (non-hydrogen) atoms. The predicted octanol–water partition coefficient (Wildman–Crippen LogP) is 0.480. The number of esters is 1. The van der Waals surface area contributed by atoms with E-state index in [-0.39, 0.29) is 17.9 Å². The molecule has 0 radical (unpaired) electrons. The maximum atomic E-state index is 11.8. The molecule has 7 nitrogen and oxygen atoms in total. The molecule has 0 saturated heterocycles. The molecule has 0 spiro atoms. The molecule has 1 aromatic carbocycles.